The van der Waals surface area contributed by atoms with Gasteiger partial charge in [0, 0.05) is 5.56 Å². The van der Waals surface area contributed by atoms with Gasteiger partial charge in [-0.05, 0) is 11.6 Å². The highest BCUT2D eigenvalue weighted by Crippen LogP contribution is 2.08. The summed E-state index contributed by atoms with van der Waals surface area (Å²) in [5, 5.41) is 17.1. The maximum Gasteiger partial charge on any atom is 0.315 e. The highest BCUT2D eigenvalue weighted by molar-refractivity contribution is 5.72. The molecular formula is C12H10O4. The minimum absolute atomic E-state index is 0.113. The predicted molar refractivity (Wildman–Crippen MR) is 56.9 cm³/mol. The van der Waals surface area contributed by atoms with Gasteiger partial charge in [-0.15, -0.1) is 0 Å². The minimum Gasteiger partial charge on any atom is -0.481 e. The molecule has 0 unspecified atom stereocenters. The van der Waals surface area contributed by atoms with Crippen molar-refractivity contribution >= 4 is 11.9 Å². The van der Waals surface area contributed by atoms with Crippen LogP contribution in [0, 0.1) is 11.8 Å². The van der Waals surface area contributed by atoms with Crippen LogP contribution in [0.15, 0.2) is 24.3 Å². The van der Waals surface area contributed by atoms with Gasteiger partial charge in [-0.1, -0.05) is 30.0 Å². The summed E-state index contributed by atoms with van der Waals surface area (Å²) >= 11 is 0. The van der Waals surface area contributed by atoms with E-state index in [0.717, 1.165) is 0 Å². The van der Waals surface area contributed by atoms with Crippen molar-refractivity contribution in [3.63, 3.8) is 0 Å². The van der Waals surface area contributed by atoms with Gasteiger partial charge in [0.05, 0.1) is 6.42 Å². The fraction of sp³-hybridized carbons (Fsp3) is 0.167. The molecule has 0 bridgehead atoms. The molecule has 0 radical (unpaired) electrons. The number of hydrogen-bond acceptors (Lipinski definition) is 2. The summed E-state index contributed by atoms with van der Waals surface area (Å²) in [4.78, 5) is 20.8. The molecule has 2 N–H and O–H groups in total. The van der Waals surface area contributed by atoms with Crippen LogP contribution in [0.5, 0.6) is 0 Å². The number of carboxylic acids is 2. The lowest BCUT2D eigenvalue weighted by molar-refractivity contribution is -0.137. The van der Waals surface area contributed by atoms with Gasteiger partial charge in [-0.3, -0.25) is 9.59 Å². The van der Waals surface area contributed by atoms with Crippen LogP contribution in [0.25, 0.3) is 0 Å². The van der Waals surface area contributed by atoms with E-state index in [1.807, 2.05) is 0 Å². The van der Waals surface area contributed by atoms with Crippen LogP contribution in [-0.2, 0) is 16.0 Å². The zero-order valence-corrected chi connectivity index (χ0v) is 8.43. The number of carbonyl (C=O) groups is 2. The molecule has 4 nitrogen and oxygen atoms in total. The summed E-state index contributed by atoms with van der Waals surface area (Å²) in [6, 6.07) is 6.79. The molecule has 16 heavy (non-hydrogen) atoms. The lowest BCUT2D eigenvalue weighted by Crippen LogP contribution is -2.02. The smallest absolute Gasteiger partial charge is 0.315 e. The lowest BCUT2D eigenvalue weighted by Gasteiger charge is -1.99. The highest BCUT2D eigenvalue weighted by atomic mass is 16.4. The fourth-order valence-corrected chi connectivity index (χ4v) is 1.17. The van der Waals surface area contributed by atoms with Gasteiger partial charge in [0.25, 0.3) is 0 Å². The number of aliphatic carboxylic acids is 2. The van der Waals surface area contributed by atoms with Gasteiger partial charge in [0.1, 0.15) is 6.42 Å². The average Bonchev–Trinajstić information content (AvgIpc) is 2.19. The molecule has 0 saturated carbocycles. The molecule has 0 spiro atoms. The van der Waals surface area contributed by atoms with E-state index in [1.165, 1.54) is 0 Å². The Labute approximate surface area is 92.5 Å². The molecule has 0 amide bonds. The van der Waals surface area contributed by atoms with Crippen molar-refractivity contribution in [2.45, 2.75) is 12.8 Å². The molecule has 0 aromatic heterocycles. The Morgan fingerprint density at radius 1 is 1.12 bits per heavy atom. The maximum absolute atomic E-state index is 10.6. The normalized spacial score (nSPS) is 9.00. The molecule has 0 fully saturated rings. The molecule has 82 valence electrons. The van der Waals surface area contributed by atoms with E-state index in [4.69, 9.17) is 10.2 Å². The van der Waals surface area contributed by atoms with Gasteiger partial charge >= 0.3 is 11.9 Å². The first-order chi connectivity index (χ1) is 7.59. The second kappa shape index (κ2) is 5.56. The van der Waals surface area contributed by atoms with Gasteiger partial charge in [-0.25, -0.2) is 0 Å². The van der Waals surface area contributed by atoms with E-state index in [9.17, 15) is 9.59 Å². The van der Waals surface area contributed by atoms with E-state index in [2.05, 4.69) is 11.8 Å². The standard InChI is InChI=1S/C12H10O4/c13-11(14)7-3-6-9-4-1-2-5-10(9)8-12(15)16/h1-2,4-5H,7-8H2,(H,13,14)(H,15,16). The first kappa shape index (κ1) is 11.8. The molecule has 0 aliphatic carbocycles. The summed E-state index contributed by atoms with van der Waals surface area (Å²) in [6.45, 7) is 0. The molecule has 0 heterocycles. The van der Waals surface area contributed by atoms with E-state index >= 15 is 0 Å². The van der Waals surface area contributed by atoms with Crippen LogP contribution in [0.3, 0.4) is 0 Å². The Bertz CT molecular complexity index is 465. The monoisotopic (exact) mass is 218 g/mol. The molecule has 0 atom stereocenters. The van der Waals surface area contributed by atoms with Crippen LogP contribution in [-0.4, -0.2) is 22.2 Å². The second-order valence-electron chi connectivity index (χ2n) is 3.10. The van der Waals surface area contributed by atoms with Crippen LogP contribution >= 0.6 is 0 Å². The quantitative estimate of drug-likeness (QED) is 0.746. The van der Waals surface area contributed by atoms with Crippen molar-refractivity contribution in [1.82, 2.24) is 0 Å². The van der Waals surface area contributed by atoms with Crippen LogP contribution < -0.4 is 0 Å². The third-order valence-electron chi connectivity index (χ3n) is 1.82. The molecule has 1 rings (SSSR count). The first-order valence-corrected chi connectivity index (χ1v) is 4.60. The summed E-state index contributed by atoms with van der Waals surface area (Å²) in [5.41, 5.74) is 1.15. The van der Waals surface area contributed by atoms with Crippen molar-refractivity contribution in [3.05, 3.63) is 35.4 Å². The summed E-state index contributed by atoms with van der Waals surface area (Å²) in [7, 11) is 0. The number of rotatable bonds is 3. The molecule has 4 heteroatoms. The molecule has 1 aromatic carbocycles. The third kappa shape index (κ3) is 3.84. The van der Waals surface area contributed by atoms with Gasteiger partial charge in [0.2, 0.25) is 0 Å². The zero-order valence-electron chi connectivity index (χ0n) is 8.43. The van der Waals surface area contributed by atoms with Crippen molar-refractivity contribution in [2.75, 3.05) is 0 Å². The number of hydrogen-bond donors (Lipinski definition) is 2. The van der Waals surface area contributed by atoms with E-state index < -0.39 is 11.9 Å². The predicted octanol–water partition coefficient (Wildman–Crippen LogP) is 1.14. The van der Waals surface area contributed by atoms with E-state index in [-0.39, 0.29) is 12.8 Å². The van der Waals surface area contributed by atoms with Crippen molar-refractivity contribution in [3.8, 4) is 11.8 Å². The third-order valence-corrected chi connectivity index (χ3v) is 1.82. The number of benzene rings is 1. The van der Waals surface area contributed by atoms with Crippen molar-refractivity contribution < 1.29 is 19.8 Å². The average molecular weight is 218 g/mol. The van der Waals surface area contributed by atoms with Crippen LogP contribution in [0.4, 0.5) is 0 Å². The maximum atomic E-state index is 10.6. The molecular weight excluding hydrogens is 208 g/mol. The van der Waals surface area contributed by atoms with Crippen molar-refractivity contribution in [1.29, 1.82) is 0 Å². The largest absolute Gasteiger partial charge is 0.481 e. The SMILES string of the molecule is O=C(O)CC#Cc1ccccc1CC(=O)O. The second-order valence-corrected chi connectivity index (χ2v) is 3.10. The Balaban J connectivity index is 2.89. The Kier molecular flexibility index (Phi) is 4.10. The van der Waals surface area contributed by atoms with Gasteiger partial charge in [0.15, 0.2) is 0 Å². The Morgan fingerprint density at radius 2 is 1.81 bits per heavy atom. The number of carboxylic acid groups (broad SMARTS) is 2. The highest BCUT2D eigenvalue weighted by Gasteiger charge is 2.03. The lowest BCUT2D eigenvalue weighted by atomic mass is 10.1. The molecule has 0 aliphatic rings. The van der Waals surface area contributed by atoms with Gasteiger partial charge in [-0.2, -0.15) is 0 Å². The van der Waals surface area contributed by atoms with E-state index in [1.54, 1.807) is 24.3 Å². The molecule has 0 saturated heterocycles. The molecule has 1 aromatic rings. The topological polar surface area (TPSA) is 74.6 Å². The first-order valence-electron chi connectivity index (χ1n) is 4.60. The van der Waals surface area contributed by atoms with Crippen LogP contribution in [0.1, 0.15) is 17.5 Å². The Hall–Kier alpha value is -2.28. The van der Waals surface area contributed by atoms with E-state index in [0.29, 0.717) is 11.1 Å². The molecule has 0 aliphatic heterocycles. The summed E-state index contributed by atoms with van der Waals surface area (Å²) < 4.78 is 0. The Morgan fingerprint density at radius 3 is 2.44 bits per heavy atom. The summed E-state index contributed by atoms with van der Waals surface area (Å²) in [6.07, 6.45) is -0.362. The van der Waals surface area contributed by atoms with Crippen LogP contribution in [0.2, 0.25) is 0 Å². The van der Waals surface area contributed by atoms with Crippen molar-refractivity contribution in [2.24, 2.45) is 0 Å². The zero-order chi connectivity index (χ0) is 12.0. The fourth-order valence-electron chi connectivity index (χ4n) is 1.17. The summed E-state index contributed by atoms with van der Waals surface area (Å²) in [5.74, 6) is 3.19. The van der Waals surface area contributed by atoms with Gasteiger partial charge < -0.3 is 10.2 Å². The minimum atomic E-state index is -0.997.